The highest BCUT2D eigenvalue weighted by Crippen LogP contribution is 2.37. The topological polar surface area (TPSA) is 65.5 Å². The van der Waals surface area contributed by atoms with Crippen LogP contribution < -0.4 is 19.5 Å². The average Bonchev–Trinajstić information content (AvgIpc) is 2.56. The van der Waals surface area contributed by atoms with Crippen molar-refractivity contribution in [1.82, 2.24) is 9.97 Å². The van der Waals surface area contributed by atoms with Crippen LogP contribution in [0, 0.1) is 0 Å². The van der Waals surface area contributed by atoms with E-state index in [9.17, 15) is 0 Å². The smallest absolute Gasteiger partial charge is 0.258 e. The Morgan fingerprint density at radius 1 is 1.13 bits per heavy atom. The quantitative estimate of drug-likeness (QED) is 0.787. The molecule has 124 valence electrons. The van der Waals surface area contributed by atoms with Crippen LogP contribution >= 0.6 is 15.9 Å². The molecule has 1 aromatic heterocycles. The lowest BCUT2D eigenvalue weighted by Gasteiger charge is -2.14. The second-order valence-corrected chi connectivity index (χ2v) is 5.25. The minimum absolute atomic E-state index is 0.454. The third kappa shape index (κ3) is 3.85. The number of rotatable bonds is 7. The molecule has 0 spiro atoms. The summed E-state index contributed by atoms with van der Waals surface area (Å²) in [6.07, 6.45) is 0. The molecule has 0 aliphatic rings. The first-order valence-corrected chi connectivity index (χ1v) is 8.13. The van der Waals surface area contributed by atoms with Crippen LogP contribution in [-0.2, 0) is 0 Å². The molecule has 0 fully saturated rings. The highest BCUT2D eigenvalue weighted by atomic mass is 79.9. The van der Waals surface area contributed by atoms with Crippen molar-refractivity contribution >= 4 is 21.7 Å². The molecule has 2 rings (SSSR count). The van der Waals surface area contributed by atoms with E-state index < -0.39 is 0 Å². The first kappa shape index (κ1) is 17.3. The van der Waals surface area contributed by atoms with Gasteiger partial charge in [-0.2, -0.15) is 0 Å². The van der Waals surface area contributed by atoms with Gasteiger partial charge in [-0.3, -0.25) is 0 Å². The normalized spacial score (nSPS) is 10.3. The summed E-state index contributed by atoms with van der Waals surface area (Å²) < 4.78 is 17.1. The van der Waals surface area contributed by atoms with Crippen molar-refractivity contribution in [2.45, 2.75) is 13.8 Å². The van der Waals surface area contributed by atoms with E-state index in [0.29, 0.717) is 41.0 Å². The van der Waals surface area contributed by atoms with Crippen molar-refractivity contribution in [3.05, 3.63) is 22.8 Å². The summed E-state index contributed by atoms with van der Waals surface area (Å²) in [7, 11) is 3.39. The lowest BCUT2D eigenvalue weighted by molar-refractivity contribution is 0.326. The maximum atomic E-state index is 5.51. The standard InChI is InChI=1S/C16H20BrN3O3/c1-5-22-10-7-8-11(12(9-10)21-4)13-14(17)20-16(23-6-2)15(18-3)19-13/h7-9H,5-6H2,1-4H3,(H,18,19). The van der Waals surface area contributed by atoms with E-state index in [4.69, 9.17) is 14.2 Å². The number of hydrogen-bond donors (Lipinski definition) is 1. The van der Waals surface area contributed by atoms with Gasteiger partial charge in [0, 0.05) is 18.7 Å². The summed E-state index contributed by atoms with van der Waals surface area (Å²) >= 11 is 3.46. The van der Waals surface area contributed by atoms with E-state index in [-0.39, 0.29) is 0 Å². The van der Waals surface area contributed by atoms with E-state index in [1.165, 1.54) is 0 Å². The van der Waals surface area contributed by atoms with Gasteiger partial charge >= 0.3 is 0 Å². The molecule has 1 aromatic carbocycles. The number of benzene rings is 1. The molecule has 0 bridgehead atoms. The van der Waals surface area contributed by atoms with Gasteiger partial charge in [-0.25, -0.2) is 9.97 Å². The third-order valence-electron chi connectivity index (χ3n) is 3.08. The zero-order valence-electron chi connectivity index (χ0n) is 13.6. The summed E-state index contributed by atoms with van der Waals surface area (Å²) in [6, 6.07) is 5.62. The van der Waals surface area contributed by atoms with Crippen molar-refractivity contribution in [3.8, 4) is 28.6 Å². The van der Waals surface area contributed by atoms with E-state index in [2.05, 4.69) is 31.2 Å². The van der Waals surface area contributed by atoms with Crippen LogP contribution in [0.25, 0.3) is 11.3 Å². The lowest BCUT2D eigenvalue weighted by Crippen LogP contribution is -2.05. The van der Waals surface area contributed by atoms with Crippen LogP contribution in [-0.4, -0.2) is 37.3 Å². The highest BCUT2D eigenvalue weighted by molar-refractivity contribution is 9.10. The second-order valence-electron chi connectivity index (χ2n) is 4.49. The maximum absolute atomic E-state index is 5.51. The number of hydrogen-bond acceptors (Lipinski definition) is 6. The highest BCUT2D eigenvalue weighted by Gasteiger charge is 2.17. The monoisotopic (exact) mass is 381 g/mol. The van der Waals surface area contributed by atoms with Gasteiger partial charge in [0.15, 0.2) is 5.82 Å². The molecule has 0 saturated heterocycles. The first-order chi connectivity index (χ1) is 11.1. The van der Waals surface area contributed by atoms with Crippen molar-refractivity contribution in [2.75, 3.05) is 32.7 Å². The van der Waals surface area contributed by atoms with Crippen molar-refractivity contribution in [1.29, 1.82) is 0 Å². The Bertz CT molecular complexity index is 680. The zero-order chi connectivity index (χ0) is 16.8. The number of anilines is 1. The summed E-state index contributed by atoms with van der Waals surface area (Å²) in [5, 5.41) is 3.00. The van der Waals surface area contributed by atoms with Gasteiger partial charge in [-0.1, -0.05) is 0 Å². The number of ether oxygens (including phenoxy) is 3. The summed E-state index contributed by atoms with van der Waals surface area (Å²) in [5.41, 5.74) is 1.48. The molecule has 2 aromatic rings. The van der Waals surface area contributed by atoms with Crippen molar-refractivity contribution < 1.29 is 14.2 Å². The van der Waals surface area contributed by atoms with E-state index in [1.54, 1.807) is 14.2 Å². The largest absolute Gasteiger partial charge is 0.496 e. The molecule has 0 aliphatic carbocycles. The molecule has 0 unspecified atom stereocenters. The molecule has 6 nitrogen and oxygen atoms in total. The zero-order valence-corrected chi connectivity index (χ0v) is 15.2. The molecule has 7 heteroatoms. The number of nitrogens with one attached hydrogen (secondary N) is 1. The molecule has 0 atom stereocenters. The van der Waals surface area contributed by atoms with Gasteiger partial charge in [-0.05, 0) is 41.9 Å². The fraction of sp³-hybridized carbons (Fsp3) is 0.375. The second kappa shape index (κ2) is 8.01. The average molecular weight is 382 g/mol. The molecule has 1 N–H and O–H groups in total. The van der Waals surface area contributed by atoms with Gasteiger partial charge < -0.3 is 19.5 Å². The Kier molecular flexibility index (Phi) is 6.04. The molecule has 0 amide bonds. The van der Waals surface area contributed by atoms with Crippen LogP contribution in [0.1, 0.15) is 13.8 Å². The van der Waals surface area contributed by atoms with Crippen molar-refractivity contribution in [2.24, 2.45) is 0 Å². The molecular formula is C16H20BrN3O3. The van der Waals surface area contributed by atoms with Gasteiger partial charge in [-0.15, -0.1) is 0 Å². The SMILES string of the molecule is CCOc1ccc(-c2nc(NC)c(OCC)nc2Br)c(OC)c1. The minimum Gasteiger partial charge on any atom is -0.496 e. The third-order valence-corrected chi connectivity index (χ3v) is 3.63. The Morgan fingerprint density at radius 2 is 1.87 bits per heavy atom. The lowest BCUT2D eigenvalue weighted by atomic mass is 10.1. The summed E-state index contributed by atoms with van der Waals surface area (Å²) in [5.74, 6) is 2.44. The van der Waals surface area contributed by atoms with Gasteiger partial charge in [0.05, 0.1) is 20.3 Å². The first-order valence-electron chi connectivity index (χ1n) is 7.33. The molecular weight excluding hydrogens is 362 g/mol. The summed E-state index contributed by atoms with van der Waals surface area (Å²) in [6.45, 7) is 4.95. The van der Waals surface area contributed by atoms with E-state index in [0.717, 1.165) is 11.3 Å². The Balaban J connectivity index is 2.52. The maximum Gasteiger partial charge on any atom is 0.258 e. The van der Waals surface area contributed by atoms with Crippen LogP contribution in [0.2, 0.25) is 0 Å². The van der Waals surface area contributed by atoms with Crippen LogP contribution in [0.3, 0.4) is 0 Å². The van der Waals surface area contributed by atoms with Crippen LogP contribution in [0.4, 0.5) is 5.82 Å². The fourth-order valence-electron chi connectivity index (χ4n) is 2.10. The number of aromatic nitrogens is 2. The molecule has 0 saturated carbocycles. The van der Waals surface area contributed by atoms with Crippen LogP contribution in [0.5, 0.6) is 17.4 Å². The van der Waals surface area contributed by atoms with E-state index >= 15 is 0 Å². The predicted octanol–water partition coefficient (Wildman–Crippen LogP) is 3.75. The predicted molar refractivity (Wildman–Crippen MR) is 93.6 cm³/mol. The Hall–Kier alpha value is -2.02. The molecule has 0 aliphatic heterocycles. The van der Waals surface area contributed by atoms with Gasteiger partial charge in [0.1, 0.15) is 21.8 Å². The minimum atomic E-state index is 0.454. The molecule has 1 heterocycles. The number of methoxy groups -OCH3 is 1. The van der Waals surface area contributed by atoms with Gasteiger partial charge in [0.2, 0.25) is 0 Å². The molecule has 0 radical (unpaired) electrons. The van der Waals surface area contributed by atoms with Gasteiger partial charge in [0.25, 0.3) is 5.88 Å². The van der Waals surface area contributed by atoms with Crippen molar-refractivity contribution in [3.63, 3.8) is 0 Å². The Morgan fingerprint density at radius 3 is 2.48 bits per heavy atom. The molecule has 23 heavy (non-hydrogen) atoms. The van der Waals surface area contributed by atoms with Crippen LogP contribution in [0.15, 0.2) is 22.8 Å². The van der Waals surface area contributed by atoms with E-state index in [1.807, 2.05) is 32.0 Å². The Labute approximate surface area is 144 Å². The summed E-state index contributed by atoms with van der Waals surface area (Å²) in [4.78, 5) is 9.02. The fourth-order valence-corrected chi connectivity index (χ4v) is 2.56. The number of nitrogens with zero attached hydrogens (tertiary/aromatic N) is 2. The number of halogens is 1.